The molecule has 0 heterocycles. The molecule has 0 bridgehead atoms. The van der Waals surface area contributed by atoms with Crippen LogP contribution in [0.15, 0.2) is 18.2 Å². The molecule has 1 aromatic carbocycles. The number of aryl methyl sites for hydroxylation is 1. The molecule has 0 aromatic heterocycles. The van der Waals surface area contributed by atoms with Gasteiger partial charge in [0.15, 0.2) is 0 Å². The molecule has 1 rings (SSSR count). The van der Waals surface area contributed by atoms with Gasteiger partial charge in [-0.15, -0.1) is 11.8 Å². The maximum atomic E-state index is 5.38. The second-order valence-corrected chi connectivity index (χ2v) is 4.06. The van der Waals surface area contributed by atoms with Gasteiger partial charge in [-0.3, -0.25) is 0 Å². The van der Waals surface area contributed by atoms with Crippen LogP contribution in [0.5, 0.6) is 5.75 Å². The smallest absolute Gasteiger partial charge is 0.122 e. The van der Waals surface area contributed by atoms with Crippen LogP contribution in [-0.4, -0.2) is 7.11 Å². The van der Waals surface area contributed by atoms with Gasteiger partial charge in [-0.2, -0.15) is 0 Å². The summed E-state index contributed by atoms with van der Waals surface area (Å²) in [6.45, 7) is 6.37. The second-order valence-electron chi connectivity index (χ2n) is 4.06. The van der Waals surface area contributed by atoms with Gasteiger partial charge in [-0.25, -0.2) is 0 Å². The van der Waals surface area contributed by atoms with Crippen LogP contribution in [0.25, 0.3) is 0 Å². The van der Waals surface area contributed by atoms with Crippen LogP contribution in [0, 0.1) is 18.8 Å². The Kier molecular flexibility index (Phi) is 4.92. The van der Waals surface area contributed by atoms with Gasteiger partial charge in [0.2, 0.25) is 0 Å². The number of hydrogen-bond acceptors (Lipinski definition) is 1. The van der Waals surface area contributed by atoms with Crippen LogP contribution >= 0.6 is 0 Å². The molecule has 86 valence electrons. The molecule has 16 heavy (non-hydrogen) atoms. The van der Waals surface area contributed by atoms with Gasteiger partial charge in [-0.05, 0) is 24.5 Å². The van der Waals surface area contributed by atoms with Crippen molar-refractivity contribution >= 4 is 0 Å². The highest BCUT2D eigenvalue weighted by atomic mass is 16.5. The zero-order valence-corrected chi connectivity index (χ0v) is 10.6. The first kappa shape index (κ1) is 12.6. The molecule has 1 atom stereocenters. The lowest BCUT2D eigenvalue weighted by atomic mass is 9.95. The molecule has 0 aliphatic heterocycles. The normalized spacial score (nSPS) is 11.5. The zero-order chi connectivity index (χ0) is 12.0. The molecule has 1 nitrogen and oxygen atoms in total. The van der Waals surface area contributed by atoms with Crippen LogP contribution in [-0.2, 0) is 0 Å². The summed E-state index contributed by atoms with van der Waals surface area (Å²) in [5.41, 5.74) is 2.53. The Morgan fingerprint density at radius 3 is 2.69 bits per heavy atom. The van der Waals surface area contributed by atoms with Crippen molar-refractivity contribution < 1.29 is 4.74 Å². The molecule has 1 aromatic rings. The van der Waals surface area contributed by atoms with Crippen LogP contribution in [0.3, 0.4) is 0 Å². The first-order valence-electron chi connectivity index (χ1n) is 5.79. The molecule has 0 saturated heterocycles. The van der Waals surface area contributed by atoms with Crippen molar-refractivity contribution in [2.45, 2.75) is 39.5 Å². The second kappa shape index (κ2) is 6.23. The van der Waals surface area contributed by atoms with Gasteiger partial charge >= 0.3 is 0 Å². The van der Waals surface area contributed by atoms with E-state index in [1.165, 1.54) is 11.1 Å². The molecule has 0 amide bonds. The van der Waals surface area contributed by atoms with E-state index in [0.29, 0.717) is 5.92 Å². The van der Waals surface area contributed by atoms with E-state index in [0.717, 1.165) is 18.6 Å². The minimum atomic E-state index is 0.425. The molecule has 0 N–H and O–H groups in total. The maximum Gasteiger partial charge on any atom is 0.122 e. The average Bonchev–Trinajstić information content (AvgIpc) is 2.29. The zero-order valence-electron chi connectivity index (χ0n) is 10.6. The first-order valence-corrected chi connectivity index (χ1v) is 5.79. The minimum Gasteiger partial charge on any atom is -0.496 e. The number of methoxy groups -OCH3 is 1. The fourth-order valence-corrected chi connectivity index (χ4v) is 1.70. The van der Waals surface area contributed by atoms with Crippen molar-refractivity contribution in [1.29, 1.82) is 0 Å². The fraction of sp³-hybridized carbons (Fsp3) is 0.467. The summed E-state index contributed by atoms with van der Waals surface area (Å²) in [7, 11) is 1.72. The monoisotopic (exact) mass is 216 g/mol. The topological polar surface area (TPSA) is 9.23 Å². The summed E-state index contributed by atoms with van der Waals surface area (Å²) in [6, 6.07) is 6.30. The molecule has 0 radical (unpaired) electrons. The number of hydrogen-bond donors (Lipinski definition) is 0. The summed E-state index contributed by atoms with van der Waals surface area (Å²) < 4.78 is 5.38. The van der Waals surface area contributed by atoms with Crippen molar-refractivity contribution in [2.24, 2.45) is 0 Å². The third kappa shape index (κ3) is 3.31. The number of benzene rings is 1. The van der Waals surface area contributed by atoms with Gasteiger partial charge in [0.1, 0.15) is 5.75 Å². The van der Waals surface area contributed by atoms with Gasteiger partial charge in [0.05, 0.1) is 7.11 Å². The predicted octanol–water partition coefficient (Wildman–Crippen LogP) is 3.91. The molecular weight excluding hydrogens is 196 g/mol. The molecule has 1 unspecified atom stereocenters. The maximum absolute atomic E-state index is 5.38. The minimum absolute atomic E-state index is 0.425. The van der Waals surface area contributed by atoms with E-state index in [9.17, 15) is 0 Å². The highest BCUT2D eigenvalue weighted by molar-refractivity contribution is 5.39. The third-order valence-electron chi connectivity index (χ3n) is 2.63. The quantitative estimate of drug-likeness (QED) is 0.696. The Morgan fingerprint density at radius 2 is 2.06 bits per heavy atom. The fourth-order valence-electron chi connectivity index (χ4n) is 1.70. The first-order chi connectivity index (χ1) is 7.69. The van der Waals surface area contributed by atoms with Crippen LogP contribution in [0.4, 0.5) is 0 Å². The average molecular weight is 216 g/mol. The summed E-state index contributed by atoms with van der Waals surface area (Å²) in [5, 5.41) is 0. The van der Waals surface area contributed by atoms with E-state index in [1.54, 1.807) is 7.11 Å². The largest absolute Gasteiger partial charge is 0.496 e. The number of ether oxygens (including phenoxy) is 1. The van der Waals surface area contributed by atoms with Crippen LogP contribution < -0.4 is 4.74 Å². The predicted molar refractivity (Wildman–Crippen MR) is 68.8 cm³/mol. The lowest BCUT2D eigenvalue weighted by Gasteiger charge is -2.14. The molecule has 0 spiro atoms. The Balaban J connectivity index is 2.88. The highest BCUT2D eigenvalue weighted by Gasteiger charge is 2.10. The van der Waals surface area contributed by atoms with Crippen molar-refractivity contribution in [1.82, 2.24) is 0 Å². The summed E-state index contributed by atoms with van der Waals surface area (Å²) in [6.07, 6.45) is 1.82. The van der Waals surface area contributed by atoms with Crippen molar-refractivity contribution in [3.05, 3.63) is 29.3 Å². The summed E-state index contributed by atoms with van der Waals surface area (Å²) in [5.74, 6) is 7.70. The molecule has 0 saturated carbocycles. The Hall–Kier alpha value is -1.42. The number of rotatable bonds is 3. The van der Waals surface area contributed by atoms with Gasteiger partial charge < -0.3 is 4.74 Å². The van der Waals surface area contributed by atoms with Gasteiger partial charge in [0, 0.05) is 12.8 Å². The lowest BCUT2D eigenvalue weighted by molar-refractivity contribution is 0.406. The van der Waals surface area contributed by atoms with E-state index < -0.39 is 0 Å². The summed E-state index contributed by atoms with van der Waals surface area (Å²) >= 11 is 0. The van der Waals surface area contributed by atoms with Crippen LogP contribution in [0.2, 0.25) is 0 Å². The highest BCUT2D eigenvalue weighted by Crippen LogP contribution is 2.29. The molecule has 1 heteroatoms. The Morgan fingerprint density at radius 1 is 1.31 bits per heavy atom. The van der Waals surface area contributed by atoms with E-state index in [2.05, 4.69) is 44.7 Å². The lowest BCUT2D eigenvalue weighted by Crippen LogP contribution is -1.97. The Labute approximate surface area is 98.8 Å². The molecule has 0 fully saturated rings. The van der Waals surface area contributed by atoms with Crippen molar-refractivity contribution in [3.8, 4) is 17.6 Å². The molecule has 0 aliphatic rings. The SMILES string of the molecule is CCC#CCC(C)c1cc(C)ccc1OC. The van der Waals surface area contributed by atoms with E-state index in [-0.39, 0.29) is 0 Å². The van der Waals surface area contributed by atoms with Crippen molar-refractivity contribution in [2.75, 3.05) is 7.11 Å². The Bertz CT molecular complexity index is 396. The van der Waals surface area contributed by atoms with E-state index >= 15 is 0 Å². The van der Waals surface area contributed by atoms with Gasteiger partial charge in [-0.1, -0.05) is 31.5 Å². The molecule has 0 aliphatic carbocycles. The molecular formula is C15H20O. The summed E-state index contributed by atoms with van der Waals surface area (Å²) in [4.78, 5) is 0. The standard InChI is InChI=1S/C15H20O/c1-5-6-7-8-13(3)14-11-12(2)9-10-15(14)16-4/h9-11,13H,5,8H2,1-4H3. The van der Waals surface area contributed by atoms with Gasteiger partial charge in [0.25, 0.3) is 0 Å². The van der Waals surface area contributed by atoms with Crippen molar-refractivity contribution in [3.63, 3.8) is 0 Å². The van der Waals surface area contributed by atoms with E-state index in [1.807, 2.05) is 6.07 Å². The van der Waals surface area contributed by atoms with Crippen LogP contribution in [0.1, 0.15) is 43.7 Å². The third-order valence-corrected chi connectivity index (χ3v) is 2.63. The van der Waals surface area contributed by atoms with E-state index in [4.69, 9.17) is 4.74 Å².